The van der Waals surface area contributed by atoms with Gasteiger partial charge in [-0.25, -0.2) is 0 Å². The highest BCUT2D eigenvalue weighted by Gasteiger charge is 2.39. The van der Waals surface area contributed by atoms with Crippen LogP contribution in [0.3, 0.4) is 0 Å². The quantitative estimate of drug-likeness (QED) is 0.841. The average Bonchev–Trinajstić information content (AvgIpc) is 2.40. The molecular weight excluding hydrogens is 263 g/mol. The van der Waals surface area contributed by atoms with Crippen LogP contribution in [0.25, 0.3) is 0 Å². The fourth-order valence-corrected chi connectivity index (χ4v) is 3.69. The SMILES string of the molecule is O=C(O)[C@H](c1ccccc1)P(=O)(O)c1ccccc1. The summed E-state index contributed by atoms with van der Waals surface area (Å²) in [5.74, 6) is -1.30. The molecule has 0 heterocycles. The summed E-state index contributed by atoms with van der Waals surface area (Å²) in [5, 5.41) is 9.44. The van der Waals surface area contributed by atoms with Crippen LogP contribution in [0.15, 0.2) is 60.7 Å². The van der Waals surface area contributed by atoms with Crippen molar-refractivity contribution in [3.63, 3.8) is 0 Å². The highest BCUT2D eigenvalue weighted by Crippen LogP contribution is 2.54. The minimum Gasteiger partial charge on any atom is -0.480 e. The molecule has 2 atom stereocenters. The van der Waals surface area contributed by atoms with Crippen molar-refractivity contribution < 1.29 is 19.4 Å². The maximum atomic E-state index is 12.5. The van der Waals surface area contributed by atoms with Crippen molar-refractivity contribution in [2.75, 3.05) is 0 Å². The number of rotatable bonds is 4. The second kappa shape index (κ2) is 5.39. The zero-order chi connectivity index (χ0) is 13.9. The second-order valence-electron chi connectivity index (χ2n) is 4.11. The molecule has 2 aromatic carbocycles. The fourth-order valence-electron chi connectivity index (χ4n) is 1.92. The van der Waals surface area contributed by atoms with Crippen molar-refractivity contribution in [1.82, 2.24) is 0 Å². The van der Waals surface area contributed by atoms with Crippen LogP contribution >= 0.6 is 7.37 Å². The van der Waals surface area contributed by atoms with Gasteiger partial charge in [0.15, 0.2) is 5.66 Å². The third kappa shape index (κ3) is 2.75. The molecule has 0 saturated heterocycles. The fraction of sp³-hybridized carbons (Fsp3) is 0.0714. The molecular formula is C14H13O4P. The van der Waals surface area contributed by atoms with Crippen LogP contribution in [0.1, 0.15) is 11.2 Å². The molecule has 0 aliphatic heterocycles. The van der Waals surface area contributed by atoms with Gasteiger partial charge < -0.3 is 10.00 Å². The molecule has 98 valence electrons. The van der Waals surface area contributed by atoms with Crippen LogP contribution in [0.5, 0.6) is 0 Å². The van der Waals surface area contributed by atoms with Gasteiger partial charge in [0.2, 0.25) is 7.37 Å². The summed E-state index contributed by atoms with van der Waals surface area (Å²) in [7, 11) is -4.03. The van der Waals surface area contributed by atoms with Gasteiger partial charge in [-0.1, -0.05) is 48.5 Å². The summed E-state index contributed by atoms with van der Waals surface area (Å²) < 4.78 is 12.5. The van der Waals surface area contributed by atoms with Crippen molar-refractivity contribution in [1.29, 1.82) is 0 Å². The van der Waals surface area contributed by atoms with Gasteiger partial charge in [0, 0.05) is 5.30 Å². The number of aliphatic carboxylic acids is 1. The summed E-state index contributed by atoms with van der Waals surface area (Å²) in [6.45, 7) is 0. The van der Waals surface area contributed by atoms with Gasteiger partial charge in [-0.05, 0) is 17.7 Å². The monoisotopic (exact) mass is 276 g/mol. The van der Waals surface area contributed by atoms with Gasteiger partial charge in [0.25, 0.3) is 0 Å². The molecule has 4 nitrogen and oxygen atoms in total. The van der Waals surface area contributed by atoms with E-state index in [9.17, 15) is 19.4 Å². The maximum absolute atomic E-state index is 12.5. The van der Waals surface area contributed by atoms with E-state index in [0.717, 1.165) is 0 Å². The molecule has 2 aromatic rings. The molecule has 2 N–H and O–H groups in total. The van der Waals surface area contributed by atoms with Gasteiger partial charge in [-0.15, -0.1) is 0 Å². The van der Waals surface area contributed by atoms with E-state index in [2.05, 4.69) is 0 Å². The molecule has 0 amide bonds. The third-order valence-electron chi connectivity index (χ3n) is 2.83. The van der Waals surface area contributed by atoms with E-state index in [0.29, 0.717) is 5.56 Å². The molecule has 0 bridgehead atoms. The zero-order valence-electron chi connectivity index (χ0n) is 10.0. The first-order chi connectivity index (χ1) is 9.03. The van der Waals surface area contributed by atoms with Crippen molar-refractivity contribution in [2.45, 2.75) is 5.66 Å². The Morgan fingerprint density at radius 2 is 1.42 bits per heavy atom. The summed E-state index contributed by atoms with van der Waals surface area (Å²) in [4.78, 5) is 21.6. The number of hydrogen-bond acceptors (Lipinski definition) is 2. The van der Waals surface area contributed by atoms with Crippen LogP contribution in [0.4, 0.5) is 0 Å². The van der Waals surface area contributed by atoms with Crippen molar-refractivity contribution in [3.05, 3.63) is 66.2 Å². The van der Waals surface area contributed by atoms with E-state index in [1.807, 2.05) is 0 Å². The first-order valence-corrected chi connectivity index (χ1v) is 7.42. The minimum atomic E-state index is -4.03. The lowest BCUT2D eigenvalue weighted by Gasteiger charge is -2.20. The first-order valence-electron chi connectivity index (χ1n) is 5.69. The lowest BCUT2D eigenvalue weighted by atomic mass is 10.1. The van der Waals surface area contributed by atoms with Crippen LogP contribution in [0.2, 0.25) is 0 Å². The molecule has 0 aliphatic carbocycles. The Hall–Kier alpha value is -1.90. The molecule has 1 unspecified atom stereocenters. The number of carboxylic acid groups (broad SMARTS) is 1. The maximum Gasteiger partial charge on any atom is 0.321 e. The molecule has 5 heteroatoms. The van der Waals surface area contributed by atoms with Crippen LogP contribution < -0.4 is 5.30 Å². The normalized spacial score (nSPS) is 15.4. The van der Waals surface area contributed by atoms with Crippen LogP contribution in [-0.4, -0.2) is 16.0 Å². The van der Waals surface area contributed by atoms with E-state index < -0.39 is 19.0 Å². The van der Waals surface area contributed by atoms with E-state index in [4.69, 9.17) is 0 Å². The van der Waals surface area contributed by atoms with E-state index in [1.54, 1.807) is 48.5 Å². The van der Waals surface area contributed by atoms with Crippen LogP contribution in [0, 0.1) is 0 Å². The Labute approximate surface area is 110 Å². The average molecular weight is 276 g/mol. The standard InChI is InChI=1S/C14H13O4P/c15-14(16)13(11-7-3-1-4-8-11)19(17,18)12-9-5-2-6-10-12/h1-10,13H,(H,15,16)(H,17,18)/t13-/m0/s1. The predicted molar refractivity (Wildman–Crippen MR) is 72.7 cm³/mol. The largest absolute Gasteiger partial charge is 0.480 e. The number of hydrogen-bond donors (Lipinski definition) is 2. The first kappa shape index (κ1) is 13.5. The smallest absolute Gasteiger partial charge is 0.321 e. The lowest BCUT2D eigenvalue weighted by molar-refractivity contribution is -0.136. The number of carboxylic acids is 1. The number of carbonyl (C=O) groups is 1. The lowest BCUT2D eigenvalue weighted by Crippen LogP contribution is -2.18. The van der Waals surface area contributed by atoms with Crippen molar-refractivity contribution in [3.8, 4) is 0 Å². The van der Waals surface area contributed by atoms with Gasteiger partial charge in [-0.2, -0.15) is 0 Å². The van der Waals surface area contributed by atoms with Crippen LogP contribution in [-0.2, 0) is 9.36 Å². The van der Waals surface area contributed by atoms with Gasteiger partial charge in [0.05, 0.1) is 0 Å². The van der Waals surface area contributed by atoms with Crippen molar-refractivity contribution in [2.24, 2.45) is 0 Å². The Morgan fingerprint density at radius 3 is 1.89 bits per heavy atom. The second-order valence-corrected chi connectivity index (χ2v) is 6.39. The van der Waals surface area contributed by atoms with Crippen molar-refractivity contribution >= 4 is 18.6 Å². The molecule has 0 aliphatic rings. The Morgan fingerprint density at radius 1 is 0.947 bits per heavy atom. The summed E-state index contributed by atoms with van der Waals surface area (Å²) >= 11 is 0. The molecule has 0 aromatic heterocycles. The molecule has 0 saturated carbocycles. The molecule has 0 fully saturated rings. The Kier molecular flexibility index (Phi) is 3.84. The topological polar surface area (TPSA) is 74.6 Å². The van der Waals surface area contributed by atoms with E-state index in [-0.39, 0.29) is 5.30 Å². The van der Waals surface area contributed by atoms with Gasteiger partial charge in [-0.3, -0.25) is 9.36 Å². The van der Waals surface area contributed by atoms with E-state index >= 15 is 0 Å². The van der Waals surface area contributed by atoms with Gasteiger partial charge in [0.1, 0.15) is 0 Å². The molecule has 0 spiro atoms. The molecule has 2 rings (SSSR count). The zero-order valence-corrected chi connectivity index (χ0v) is 10.9. The third-order valence-corrected chi connectivity index (χ3v) is 5.08. The van der Waals surface area contributed by atoms with Gasteiger partial charge >= 0.3 is 5.97 Å². The van der Waals surface area contributed by atoms with E-state index in [1.165, 1.54) is 12.1 Å². The molecule has 19 heavy (non-hydrogen) atoms. The highest BCUT2D eigenvalue weighted by atomic mass is 31.2. The Bertz CT molecular complexity index is 610. The minimum absolute atomic E-state index is 0.145. The summed E-state index contributed by atoms with van der Waals surface area (Å²) in [5.41, 5.74) is -1.12. The summed E-state index contributed by atoms with van der Waals surface area (Å²) in [6, 6.07) is 16.0. The number of benzene rings is 2. The molecule has 0 radical (unpaired) electrons. The predicted octanol–water partition coefficient (Wildman–Crippen LogP) is 2.41. The Balaban J connectivity index is 2.52. The summed E-state index contributed by atoms with van der Waals surface area (Å²) in [6.07, 6.45) is 0. The highest BCUT2D eigenvalue weighted by molar-refractivity contribution is 7.67.